The smallest absolute Gasteiger partial charge is 0.209 e. The van der Waals surface area contributed by atoms with Gasteiger partial charge in [0.2, 0.25) is 5.89 Å². The van der Waals surface area contributed by atoms with Crippen LogP contribution in [0.3, 0.4) is 0 Å². The summed E-state index contributed by atoms with van der Waals surface area (Å²) in [5.74, 6) is 1.22. The largest absolute Gasteiger partial charge is 0.439 e. The number of ether oxygens (including phenoxy) is 1. The van der Waals surface area contributed by atoms with Gasteiger partial charge in [0.15, 0.2) is 5.76 Å². The van der Waals surface area contributed by atoms with Crippen molar-refractivity contribution in [2.45, 2.75) is 12.6 Å². The summed E-state index contributed by atoms with van der Waals surface area (Å²) in [4.78, 5) is 6.27. The van der Waals surface area contributed by atoms with Crippen LogP contribution in [-0.2, 0) is 11.3 Å². The summed E-state index contributed by atoms with van der Waals surface area (Å²) in [5.41, 5.74) is 1.48. The molecule has 2 aromatic rings. The third-order valence-electron chi connectivity index (χ3n) is 3.58. The average Bonchev–Trinajstić information content (AvgIpc) is 3.04. The number of hydrogen-bond acceptors (Lipinski definition) is 6. The van der Waals surface area contributed by atoms with E-state index in [1.165, 1.54) is 0 Å². The first-order valence-electron chi connectivity index (χ1n) is 6.97. The molecule has 0 amide bonds. The summed E-state index contributed by atoms with van der Waals surface area (Å²) in [6, 6.07) is 11.2. The van der Waals surface area contributed by atoms with Crippen molar-refractivity contribution in [3.05, 3.63) is 41.9 Å². The number of hydrogen-bond donors (Lipinski definition) is 0. The number of nitriles is 2. The number of rotatable bonds is 3. The van der Waals surface area contributed by atoms with Gasteiger partial charge in [-0.15, -0.1) is 0 Å². The van der Waals surface area contributed by atoms with E-state index < -0.39 is 0 Å². The highest BCUT2D eigenvalue weighted by atomic mass is 16.5. The Morgan fingerprint density at radius 2 is 2.09 bits per heavy atom. The van der Waals surface area contributed by atoms with Gasteiger partial charge in [-0.05, 0) is 24.3 Å². The van der Waals surface area contributed by atoms with Crippen LogP contribution in [0.5, 0.6) is 0 Å². The second-order valence-electron chi connectivity index (χ2n) is 5.00. The summed E-state index contributed by atoms with van der Waals surface area (Å²) < 4.78 is 11.0. The van der Waals surface area contributed by atoms with E-state index in [1.807, 2.05) is 17.0 Å². The molecular weight excluding hydrogens is 280 g/mol. The summed E-state index contributed by atoms with van der Waals surface area (Å²) in [5, 5.41) is 17.9. The van der Waals surface area contributed by atoms with E-state index in [1.54, 1.807) is 18.3 Å². The van der Waals surface area contributed by atoms with Crippen LogP contribution in [0.25, 0.3) is 11.3 Å². The Morgan fingerprint density at radius 1 is 1.27 bits per heavy atom. The van der Waals surface area contributed by atoms with E-state index in [-0.39, 0.29) is 6.04 Å². The monoisotopic (exact) mass is 294 g/mol. The van der Waals surface area contributed by atoms with Crippen LogP contribution in [0.2, 0.25) is 0 Å². The Labute approximate surface area is 128 Å². The third-order valence-corrected chi connectivity index (χ3v) is 3.58. The number of aromatic nitrogens is 1. The predicted molar refractivity (Wildman–Crippen MR) is 77.3 cm³/mol. The van der Waals surface area contributed by atoms with Crippen LogP contribution >= 0.6 is 0 Å². The maximum Gasteiger partial charge on any atom is 0.209 e. The minimum Gasteiger partial charge on any atom is -0.439 e. The fourth-order valence-electron chi connectivity index (χ4n) is 2.35. The van der Waals surface area contributed by atoms with Gasteiger partial charge in [0.05, 0.1) is 43.7 Å². The van der Waals surface area contributed by atoms with E-state index in [9.17, 15) is 0 Å². The van der Waals surface area contributed by atoms with Crippen LogP contribution in [0, 0.1) is 22.7 Å². The molecule has 110 valence electrons. The maximum absolute atomic E-state index is 9.12. The van der Waals surface area contributed by atoms with Gasteiger partial charge in [0, 0.05) is 12.1 Å². The molecule has 1 aliphatic heterocycles. The fourth-order valence-corrected chi connectivity index (χ4v) is 2.35. The van der Waals surface area contributed by atoms with Crippen molar-refractivity contribution in [2.24, 2.45) is 0 Å². The first-order valence-corrected chi connectivity index (χ1v) is 6.97. The summed E-state index contributed by atoms with van der Waals surface area (Å²) in [7, 11) is 0. The van der Waals surface area contributed by atoms with Crippen LogP contribution in [0.1, 0.15) is 11.5 Å². The van der Waals surface area contributed by atoms with Gasteiger partial charge in [0.25, 0.3) is 0 Å². The molecule has 1 unspecified atom stereocenters. The van der Waals surface area contributed by atoms with Crippen LogP contribution < -0.4 is 0 Å². The Kier molecular flexibility index (Phi) is 4.15. The number of benzene rings is 1. The lowest BCUT2D eigenvalue weighted by Crippen LogP contribution is -2.43. The number of oxazole rings is 1. The lowest BCUT2D eigenvalue weighted by molar-refractivity contribution is 0.00544. The van der Waals surface area contributed by atoms with E-state index in [0.717, 1.165) is 5.56 Å². The summed E-state index contributed by atoms with van der Waals surface area (Å²) in [6.45, 7) is 2.20. The molecule has 0 radical (unpaired) electrons. The summed E-state index contributed by atoms with van der Waals surface area (Å²) in [6.07, 6.45) is 1.67. The van der Waals surface area contributed by atoms with Crippen LogP contribution in [-0.4, -0.2) is 35.7 Å². The Hall–Kier alpha value is -2.67. The van der Waals surface area contributed by atoms with Crippen molar-refractivity contribution in [1.29, 1.82) is 10.5 Å². The summed E-state index contributed by atoms with van der Waals surface area (Å²) >= 11 is 0. The van der Waals surface area contributed by atoms with E-state index in [2.05, 4.69) is 17.1 Å². The molecule has 3 rings (SSSR count). The molecule has 2 heterocycles. The normalized spacial score (nSPS) is 18.5. The molecule has 6 nitrogen and oxygen atoms in total. The predicted octanol–water partition coefficient (Wildman–Crippen LogP) is 1.94. The standard InChI is InChI=1S/C16H14N4O2/c17-7-12-1-3-13(4-2-12)15-9-19-16(22-15)10-20-5-6-21-11-14(20)8-18/h1-4,9,14H,5-6,10-11H2. The molecule has 0 N–H and O–H groups in total. The molecule has 0 aliphatic carbocycles. The molecule has 1 aromatic heterocycles. The average molecular weight is 294 g/mol. The van der Waals surface area contributed by atoms with Crippen molar-refractivity contribution in [2.75, 3.05) is 19.8 Å². The maximum atomic E-state index is 9.12. The van der Waals surface area contributed by atoms with Crippen LogP contribution in [0.4, 0.5) is 0 Å². The molecular formula is C16H14N4O2. The minimum atomic E-state index is -0.265. The van der Waals surface area contributed by atoms with Gasteiger partial charge in [-0.3, -0.25) is 4.90 Å². The number of morpholine rings is 1. The van der Waals surface area contributed by atoms with Crippen molar-refractivity contribution in [3.63, 3.8) is 0 Å². The highest BCUT2D eigenvalue weighted by Crippen LogP contribution is 2.22. The SMILES string of the molecule is N#Cc1ccc(-c2cnc(CN3CCOCC3C#N)o2)cc1. The zero-order valence-electron chi connectivity index (χ0n) is 11.9. The highest BCUT2D eigenvalue weighted by Gasteiger charge is 2.24. The second-order valence-corrected chi connectivity index (χ2v) is 5.00. The van der Waals surface area contributed by atoms with Gasteiger partial charge < -0.3 is 9.15 Å². The molecule has 1 fully saturated rings. The molecule has 1 aliphatic rings. The fraction of sp³-hybridized carbons (Fsp3) is 0.312. The Morgan fingerprint density at radius 3 is 2.82 bits per heavy atom. The van der Waals surface area contributed by atoms with Crippen LogP contribution in [0.15, 0.2) is 34.9 Å². The van der Waals surface area contributed by atoms with Gasteiger partial charge in [-0.2, -0.15) is 10.5 Å². The molecule has 0 bridgehead atoms. The molecule has 1 aromatic carbocycles. The lowest BCUT2D eigenvalue weighted by atomic mass is 10.1. The van der Waals surface area contributed by atoms with Crippen molar-refractivity contribution in [3.8, 4) is 23.5 Å². The molecule has 1 saturated heterocycles. The second kappa shape index (κ2) is 6.40. The van der Waals surface area contributed by atoms with Gasteiger partial charge >= 0.3 is 0 Å². The molecule has 22 heavy (non-hydrogen) atoms. The Bertz CT molecular complexity index is 724. The number of nitrogens with zero attached hydrogens (tertiary/aromatic N) is 4. The quantitative estimate of drug-likeness (QED) is 0.859. The van der Waals surface area contributed by atoms with Crippen molar-refractivity contribution < 1.29 is 9.15 Å². The minimum absolute atomic E-state index is 0.265. The first kappa shape index (κ1) is 14.3. The van der Waals surface area contributed by atoms with Crippen molar-refractivity contribution >= 4 is 0 Å². The molecule has 0 saturated carbocycles. The van der Waals surface area contributed by atoms with Crippen molar-refractivity contribution in [1.82, 2.24) is 9.88 Å². The van der Waals surface area contributed by atoms with E-state index >= 15 is 0 Å². The van der Waals surface area contributed by atoms with Gasteiger partial charge in [0.1, 0.15) is 6.04 Å². The van der Waals surface area contributed by atoms with Gasteiger partial charge in [-0.25, -0.2) is 4.98 Å². The topological polar surface area (TPSA) is 86.1 Å². The highest BCUT2D eigenvalue weighted by molar-refractivity contribution is 5.57. The van der Waals surface area contributed by atoms with E-state index in [0.29, 0.717) is 43.5 Å². The zero-order valence-corrected chi connectivity index (χ0v) is 11.9. The molecule has 1 atom stereocenters. The third kappa shape index (κ3) is 2.99. The van der Waals surface area contributed by atoms with E-state index in [4.69, 9.17) is 19.7 Å². The lowest BCUT2D eigenvalue weighted by Gasteiger charge is -2.29. The Balaban J connectivity index is 1.73. The zero-order chi connectivity index (χ0) is 15.4. The van der Waals surface area contributed by atoms with Gasteiger partial charge in [-0.1, -0.05) is 0 Å². The first-order chi connectivity index (χ1) is 10.8. The molecule has 0 spiro atoms. The molecule has 6 heteroatoms.